The zero-order valence-corrected chi connectivity index (χ0v) is 12.1. The largest absolute Gasteiger partial charge is 0.476 e. The van der Waals surface area contributed by atoms with Crippen LogP contribution in [0.25, 0.3) is 0 Å². The van der Waals surface area contributed by atoms with Crippen molar-refractivity contribution in [3.63, 3.8) is 0 Å². The highest BCUT2D eigenvalue weighted by Crippen LogP contribution is 2.32. The monoisotopic (exact) mass is 304 g/mol. The molecule has 0 atom stereocenters. The van der Waals surface area contributed by atoms with Crippen LogP contribution in [0.3, 0.4) is 0 Å². The van der Waals surface area contributed by atoms with Crippen LogP contribution < -0.4 is 21.9 Å². The molecule has 0 unspecified atom stereocenters. The molecule has 110 valence electrons. The molecule has 0 aromatic carbocycles. The Labute approximate surface area is 126 Å². The molecule has 3 rings (SSSR count). The topological polar surface area (TPSA) is 126 Å². The standard InChI is InChI=1S/C13H16N6OS/c14-8-3-4-11(19-12(8)20-6-7-1-2-7)21-13-17-9(15)5-10(16)18-13/h3-5,7H,1-2,6,14H2,(H4,15,16,17,18). The lowest BCUT2D eigenvalue weighted by Crippen LogP contribution is -2.04. The maximum Gasteiger partial charge on any atom is 0.238 e. The predicted octanol–water partition coefficient (Wildman–Crippen LogP) is 1.56. The van der Waals surface area contributed by atoms with E-state index in [9.17, 15) is 0 Å². The Balaban J connectivity index is 1.76. The number of nitrogens with zero attached hydrogens (tertiary/aromatic N) is 3. The first kappa shape index (κ1) is 13.7. The first-order valence-electron chi connectivity index (χ1n) is 6.57. The van der Waals surface area contributed by atoms with Gasteiger partial charge < -0.3 is 21.9 Å². The molecule has 1 fully saturated rings. The molecule has 8 heteroatoms. The normalized spacial score (nSPS) is 14.1. The Morgan fingerprint density at radius 1 is 1.10 bits per heavy atom. The molecule has 1 aliphatic rings. The zero-order valence-electron chi connectivity index (χ0n) is 11.3. The number of pyridine rings is 1. The van der Waals surface area contributed by atoms with E-state index in [-0.39, 0.29) is 0 Å². The minimum Gasteiger partial charge on any atom is -0.476 e. The quantitative estimate of drug-likeness (QED) is 0.710. The lowest BCUT2D eigenvalue weighted by atomic mass is 10.4. The number of aromatic nitrogens is 3. The Morgan fingerprint density at radius 3 is 2.48 bits per heavy atom. The van der Waals surface area contributed by atoms with Crippen molar-refractivity contribution in [2.24, 2.45) is 5.92 Å². The van der Waals surface area contributed by atoms with Crippen molar-refractivity contribution in [3.8, 4) is 5.88 Å². The third-order valence-corrected chi connectivity index (χ3v) is 3.76. The number of nitrogen functional groups attached to an aromatic ring is 3. The molecule has 7 nitrogen and oxygen atoms in total. The summed E-state index contributed by atoms with van der Waals surface area (Å²) in [6.45, 7) is 0.660. The smallest absolute Gasteiger partial charge is 0.238 e. The average molecular weight is 304 g/mol. The van der Waals surface area contributed by atoms with Crippen molar-refractivity contribution >= 4 is 29.1 Å². The lowest BCUT2D eigenvalue weighted by Gasteiger charge is -2.08. The Morgan fingerprint density at radius 2 is 1.81 bits per heavy atom. The van der Waals surface area contributed by atoms with E-state index in [4.69, 9.17) is 21.9 Å². The van der Waals surface area contributed by atoms with Crippen LogP contribution in [0.4, 0.5) is 17.3 Å². The van der Waals surface area contributed by atoms with Crippen molar-refractivity contribution in [1.82, 2.24) is 15.0 Å². The van der Waals surface area contributed by atoms with Crippen molar-refractivity contribution in [2.45, 2.75) is 23.0 Å². The van der Waals surface area contributed by atoms with Gasteiger partial charge in [0.2, 0.25) is 5.88 Å². The maximum atomic E-state index is 5.87. The van der Waals surface area contributed by atoms with Crippen LogP contribution in [0, 0.1) is 5.92 Å². The fraction of sp³-hybridized carbons (Fsp3) is 0.308. The fourth-order valence-corrected chi connectivity index (χ4v) is 2.44. The highest BCUT2D eigenvalue weighted by Gasteiger charge is 2.22. The van der Waals surface area contributed by atoms with Crippen LogP contribution in [0.5, 0.6) is 5.88 Å². The van der Waals surface area contributed by atoms with Crippen LogP contribution in [0.2, 0.25) is 0 Å². The van der Waals surface area contributed by atoms with E-state index in [1.807, 2.05) is 0 Å². The van der Waals surface area contributed by atoms with Gasteiger partial charge in [-0.15, -0.1) is 0 Å². The van der Waals surface area contributed by atoms with Gasteiger partial charge >= 0.3 is 0 Å². The van der Waals surface area contributed by atoms with Crippen molar-refractivity contribution < 1.29 is 4.74 Å². The molecule has 21 heavy (non-hydrogen) atoms. The molecule has 0 bridgehead atoms. The van der Waals surface area contributed by atoms with E-state index in [1.54, 1.807) is 12.1 Å². The summed E-state index contributed by atoms with van der Waals surface area (Å²) in [7, 11) is 0. The van der Waals surface area contributed by atoms with Crippen molar-refractivity contribution in [3.05, 3.63) is 18.2 Å². The highest BCUT2D eigenvalue weighted by molar-refractivity contribution is 7.99. The minimum atomic E-state index is 0.325. The van der Waals surface area contributed by atoms with Gasteiger partial charge in [0.1, 0.15) is 16.7 Å². The van der Waals surface area contributed by atoms with Gasteiger partial charge in [0.05, 0.1) is 12.3 Å². The third-order valence-electron chi connectivity index (χ3n) is 2.96. The molecule has 0 radical (unpaired) electrons. The molecular formula is C13H16N6OS. The molecular weight excluding hydrogens is 288 g/mol. The first-order valence-corrected chi connectivity index (χ1v) is 7.39. The van der Waals surface area contributed by atoms with E-state index in [0.29, 0.717) is 45.9 Å². The Bertz CT molecular complexity index is 641. The first-order chi connectivity index (χ1) is 10.1. The van der Waals surface area contributed by atoms with Gasteiger partial charge in [-0.1, -0.05) is 0 Å². The van der Waals surface area contributed by atoms with E-state index < -0.39 is 0 Å². The zero-order chi connectivity index (χ0) is 14.8. The van der Waals surface area contributed by atoms with E-state index >= 15 is 0 Å². The summed E-state index contributed by atoms with van der Waals surface area (Å²) >= 11 is 1.26. The van der Waals surface area contributed by atoms with E-state index in [2.05, 4.69) is 15.0 Å². The predicted molar refractivity (Wildman–Crippen MR) is 81.8 cm³/mol. The summed E-state index contributed by atoms with van der Waals surface area (Å²) in [5.74, 6) is 1.74. The van der Waals surface area contributed by atoms with Crippen LogP contribution in [0.15, 0.2) is 28.4 Å². The van der Waals surface area contributed by atoms with Gasteiger partial charge in [-0.3, -0.25) is 0 Å². The number of anilines is 3. The van der Waals surface area contributed by atoms with Crippen LogP contribution >= 0.6 is 11.8 Å². The van der Waals surface area contributed by atoms with Gasteiger partial charge in [0, 0.05) is 6.07 Å². The summed E-state index contributed by atoms with van der Waals surface area (Å²) < 4.78 is 5.65. The number of hydrogen-bond donors (Lipinski definition) is 3. The molecule has 6 N–H and O–H groups in total. The molecule has 1 aliphatic carbocycles. The second kappa shape index (κ2) is 5.65. The van der Waals surface area contributed by atoms with Gasteiger partial charge in [-0.25, -0.2) is 15.0 Å². The summed E-state index contributed by atoms with van der Waals surface area (Å²) in [6.07, 6.45) is 2.43. The molecule has 0 aliphatic heterocycles. The summed E-state index contributed by atoms with van der Waals surface area (Å²) in [4.78, 5) is 12.6. The van der Waals surface area contributed by atoms with Gasteiger partial charge in [0.15, 0.2) is 5.16 Å². The summed E-state index contributed by atoms with van der Waals surface area (Å²) in [6, 6.07) is 5.05. The molecule has 2 heterocycles. The Hall–Kier alpha value is -2.22. The molecule has 0 saturated heterocycles. The molecule has 0 spiro atoms. The molecule has 2 aromatic heterocycles. The third kappa shape index (κ3) is 3.66. The lowest BCUT2D eigenvalue weighted by molar-refractivity contribution is 0.288. The number of hydrogen-bond acceptors (Lipinski definition) is 8. The summed E-state index contributed by atoms with van der Waals surface area (Å²) in [5, 5.41) is 1.12. The van der Waals surface area contributed by atoms with E-state index in [0.717, 1.165) is 0 Å². The van der Waals surface area contributed by atoms with E-state index in [1.165, 1.54) is 30.7 Å². The summed E-state index contributed by atoms with van der Waals surface area (Å²) in [5.41, 5.74) is 17.7. The second-order valence-electron chi connectivity index (χ2n) is 4.90. The number of rotatable bonds is 5. The number of ether oxygens (including phenoxy) is 1. The Kier molecular flexibility index (Phi) is 3.70. The minimum absolute atomic E-state index is 0.325. The SMILES string of the molecule is Nc1cc(N)nc(Sc2ccc(N)c(OCC3CC3)n2)n1. The maximum absolute atomic E-state index is 5.87. The van der Waals surface area contributed by atoms with Crippen LogP contribution in [-0.4, -0.2) is 21.6 Å². The molecule has 1 saturated carbocycles. The number of nitrogens with two attached hydrogens (primary N) is 3. The van der Waals surface area contributed by atoms with Crippen molar-refractivity contribution in [1.29, 1.82) is 0 Å². The van der Waals surface area contributed by atoms with Crippen molar-refractivity contribution in [2.75, 3.05) is 23.8 Å². The van der Waals surface area contributed by atoms with Gasteiger partial charge in [-0.05, 0) is 42.7 Å². The van der Waals surface area contributed by atoms with Crippen LogP contribution in [-0.2, 0) is 0 Å². The fourth-order valence-electron chi connectivity index (χ4n) is 1.69. The average Bonchev–Trinajstić information content (AvgIpc) is 3.22. The molecule has 2 aromatic rings. The second-order valence-corrected chi connectivity index (χ2v) is 5.89. The van der Waals surface area contributed by atoms with Gasteiger partial charge in [0.25, 0.3) is 0 Å². The highest BCUT2D eigenvalue weighted by atomic mass is 32.2. The van der Waals surface area contributed by atoms with Crippen LogP contribution in [0.1, 0.15) is 12.8 Å². The van der Waals surface area contributed by atoms with Gasteiger partial charge in [-0.2, -0.15) is 0 Å². The molecule has 0 amide bonds.